The fourth-order valence-electron chi connectivity index (χ4n) is 2.15. The van der Waals surface area contributed by atoms with Gasteiger partial charge in [0.1, 0.15) is 0 Å². The minimum absolute atomic E-state index is 0.189. The Hall–Kier alpha value is -1.64. The monoisotopic (exact) mass is 186 g/mol. The normalized spacial score (nSPS) is 14.6. The highest BCUT2D eigenvalue weighted by atomic mass is 16.1. The van der Waals surface area contributed by atoms with Crippen LogP contribution in [0.2, 0.25) is 0 Å². The number of hydrogen-bond donors (Lipinski definition) is 1. The summed E-state index contributed by atoms with van der Waals surface area (Å²) in [7, 11) is 0. The van der Waals surface area contributed by atoms with Gasteiger partial charge in [0.05, 0.1) is 11.7 Å². The van der Waals surface area contributed by atoms with Gasteiger partial charge in [-0.1, -0.05) is 0 Å². The summed E-state index contributed by atoms with van der Waals surface area (Å²) in [5, 5.41) is 0.764. The van der Waals surface area contributed by atoms with Crippen LogP contribution in [-0.2, 0) is 12.8 Å². The molecule has 1 aliphatic carbocycles. The number of pyridine rings is 2. The maximum Gasteiger partial charge on any atom is 0.192 e. The molecule has 0 saturated heterocycles. The van der Waals surface area contributed by atoms with Crippen LogP contribution in [0.1, 0.15) is 17.7 Å². The van der Waals surface area contributed by atoms with Gasteiger partial charge < -0.3 is 4.98 Å². The summed E-state index contributed by atoms with van der Waals surface area (Å²) in [6.07, 6.45) is 6.39. The molecule has 1 aliphatic rings. The van der Waals surface area contributed by atoms with Crippen molar-refractivity contribution in [3.63, 3.8) is 0 Å². The lowest BCUT2D eigenvalue weighted by Gasteiger charge is -2.01. The topological polar surface area (TPSA) is 45.8 Å². The number of hydrogen-bond acceptors (Lipinski definition) is 2. The number of aryl methyl sites for hydroxylation is 1. The van der Waals surface area contributed by atoms with E-state index in [2.05, 4.69) is 9.97 Å². The third kappa shape index (κ3) is 0.923. The van der Waals surface area contributed by atoms with Crippen LogP contribution in [0.5, 0.6) is 0 Å². The van der Waals surface area contributed by atoms with Crippen molar-refractivity contribution in [1.82, 2.24) is 9.97 Å². The molecule has 3 rings (SSSR count). The van der Waals surface area contributed by atoms with Gasteiger partial charge in [-0.2, -0.15) is 0 Å². The van der Waals surface area contributed by atoms with E-state index in [1.165, 1.54) is 0 Å². The highest BCUT2D eigenvalue weighted by Gasteiger charge is 2.16. The fraction of sp³-hybridized carbons (Fsp3) is 0.273. The molecule has 0 saturated carbocycles. The van der Waals surface area contributed by atoms with Crippen molar-refractivity contribution in [2.75, 3.05) is 0 Å². The van der Waals surface area contributed by atoms with Crippen LogP contribution >= 0.6 is 0 Å². The van der Waals surface area contributed by atoms with Crippen LogP contribution in [0.3, 0.4) is 0 Å². The molecule has 0 bridgehead atoms. The predicted octanol–water partition coefficient (Wildman–Crippen LogP) is 1.41. The average molecular weight is 186 g/mol. The Morgan fingerprint density at radius 1 is 1.36 bits per heavy atom. The zero-order valence-electron chi connectivity index (χ0n) is 7.71. The summed E-state index contributed by atoms with van der Waals surface area (Å²) in [6.45, 7) is 0. The highest BCUT2D eigenvalue weighted by Crippen LogP contribution is 2.19. The van der Waals surface area contributed by atoms with Crippen LogP contribution < -0.4 is 5.43 Å². The van der Waals surface area contributed by atoms with Gasteiger partial charge >= 0.3 is 0 Å². The molecule has 2 aromatic rings. The third-order valence-corrected chi connectivity index (χ3v) is 2.84. The number of fused-ring (bicyclic) bond motifs is 2. The Kier molecular flexibility index (Phi) is 1.48. The molecule has 0 aliphatic heterocycles. The van der Waals surface area contributed by atoms with Crippen LogP contribution in [0.4, 0.5) is 0 Å². The van der Waals surface area contributed by atoms with Gasteiger partial charge in [-0.25, -0.2) is 0 Å². The largest absolute Gasteiger partial charge is 0.357 e. The molecule has 3 heteroatoms. The minimum Gasteiger partial charge on any atom is -0.357 e. The number of nitrogens with zero attached hydrogens (tertiary/aromatic N) is 1. The lowest BCUT2D eigenvalue weighted by atomic mass is 10.1. The van der Waals surface area contributed by atoms with Crippen molar-refractivity contribution in [2.45, 2.75) is 19.3 Å². The van der Waals surface area contributed by atoms with Crippen molar-refractivity contribution in [3.8, 4) is 0 Å². The highest BCUT2D eigenvalue weighted by molar-refractivity contribution is 5.78. The number of rotatable bonds is 0. The maximum atomic E-state index is 12.0. The van der Waals surface area contributed by atoms with Crippen molar-refractivity contribution < 1.29 is 0 Å². The van der Waals surface area contributed by atoms with Gasteiger partial charge in [-0.05, 0) is 25.3 Å². The van der Waals surface area contributed by atoms with E-state index in [0.29, 0.717) is 0 Å². The van der Waals surface area contributed by atoms with Crippen molar-refractivity contribution in [2.24, 2.45) is 0 Å². The zero-order chi connectivity index (χ0) is 9.54. The van der Waals surface area contributed by atoms with Crippen molar-refractivity contribution >= 4 is 10.9 Å². The smallest absolute Gasteiger partial charge is 0.192 e. The summed E-state index contributed by atoms with van der Waals surface area (Å²) in [5.41, 5.74) is 3.13. The van der Waals surface area contributed by atoms with Gasteiger partial charge in [-0.3, -0.25) is 9.78 Å². The van der Waals surface area contributed by atoms with Gasteiger partial charge in [0.25, 0.3) is 0 Å². The Morgan fingerprint density at radius 2 is 2.29 bits per heavy atom. The molecule has 70 valence electrons. The predicted molar refractivity (Wildman–Crippen MR) is 54.4 cm³/mol. The number of H-pyrrole nitrogens is 1. The van der Waals surface area contributed by atoms with E-state index in [0.717, 1.165) is 41.4 Å². The van der Waals surface area contributed by atoms with E-state index >= 15 is 0 Å². The Balaban J connectivity index is 2.50. The summed E-state index contributed by atoms with van der Waals surface area (Å²) < 4.78 is 0. The Labute approximate surface area is 80.8 Å². The molecule has 0 atom stereocenters. The minimum atomic E-state index is 0.189. The molecule has 0 amide bonds. The van der Waals surface area contributed by atoms with Gasteiger partial charge in [0, 0.05) is 22.8 Å². The first-order valence-corrected chi connectivity index (χ1v) is 4.84. The molecule has 0 fully saturated rings. The molecule has 2 aromatic heterocycles. The molecular weight excluding hydrogens is 176 g/mol. The quantitative estimate of drug-likeness (QED) is 0.676. The van der Waals surface area contributed by atoms with Crippen molar-refractivity contribution in [3.05, 3.63) is 39.9 Å². The molecule has 14 heavy (non-hydrogen) atoms. The summed E-state index contributed by atoms with van der Waals surface area (Å²) in [5.74, 6) is 0. The standard InChI is InChI=1S/C11H10N2O/c14-11-7-2-1-3-9(7)13-10-6-12-5-4-8(10)11/h4-6H,1-3H2,(H,13,14). The first kappa shape index (κ1) is 7.74. The molecule has 1 N–H and O–H groups in total. The zero-order valence-corrected chi connectivity index (χ0v) is 7.71. The summed E-state index contributed by atoms with van der Waals surface area (Å²) in [4.78, 5) is 19.3. The van der Waals surface area contributed by atoms with E-state index in [9.17, 15) is 4.79 Å². The van der Waals surface area contributed by atoms with Crippen LogP contribution in [-0.4, -0.2) is 9.97 Å². The van der Waals surface area contributed by atoms with E-state index < -0.39 is 0 Å². The van der Waals surface area contributed by atoms with E-state index in [1.54, 1.807) is 18.5 Å². The second-order valence-electron chi connectivity index (χ2n) is 3.69. The SMILES string of the molecule is O=c1c2c([nH]c3cnccc13)CCC2. The second kappa shape index (κ2) is 2.67. The van der Waals surface area contributed by atoms with E-state index in [-0.39, 0.29) is 5.43 Å². The first-order chi connectivity index (χ1) is 6.86. The summed E-state index contributed by atoms with van der Waals surface area (Å²) in [6, 6.07) is 1.78. The molecule has 0 radical (unpaired) electrons. The van der Waals surface area contributed by atoms with E-state index in [4.69, 9.17) is 0 Å². The first-order valence-electron chi connectivity index (χ1n) is 4.84. The molecular formula is C11H10N2O. The lowest BCUT2D eigenvalue weighted by Crippen LogP contribution is -2.10. The average Bonchev–Trinajstić information content (AvgIpc) is 2.66. The van der Waals surface area contributed by atoms with Gasteiger partial charge in [-0.15, -0.1) is 0 Å². The number of aromatic amines is 1. The van der Waals surface area contributed by atoms with Gasteiger partial charge in [0.15, 0.2) is 5.43 Å². The number of nitrogens with one attached hydrogen (secondary N) is 1. The maximum absolute atomic E-state index is 12.0. The Bertz CT molecular complexity index is 557. The Morgan fingerprint density at radius 3 is 3.21 bits per heavy atom. The molecule has 0 aromatic carbocycles. The number of aromatic nitrogens is 2. The van der Waals surface area contributed by atoms with Gasteiger partial charge in [0.2, 0.25) is 0 Å². The second-order valence-corrected chi connectivity index (χ2v) is 3.69. The molecule has 3 nitrogen and oxygen atoms in total. The van der Waals surface area contributed by atoms with Crippen LogP contribution in [0.25, 0.3) is 10.9 Å². The molecule has 0 unspecified atom stereocenters. The molecule has 0 spiro atoms. The third-order valence-electron chi connectivity index (χ3n) is 2.84. The van der Waals surface area contributed by atoms with E-state index in [1.807, 2.05) is 0 Å². The van der Waals surface area contributed by atoms with Crippen LogP contribution in [0.15, 0.2) is 23.3 Å². The lowest BCUT2D eigenvalue weighted by molar-refractivity contribution is 0.900. The van der Waals surface area contributed by atoms with Crippen molar-refractivity contribution in [1.29, 1.82) is 0 Å². The molecule has 2 heterocycles. The summed E-state index contributed by atoms with van der Waals surface area (Å²) >= 11 is 0. The fourth-order valence-corrected chi connectivity index (χ4v) is 2.15. The van der Waals surface area contributed by atoms with Crippen LogP contribution in [0, 0.1) is 0 Å².